The van der Waals surface area contributed by atoms with Crippen LogP contribution in [-0.4, -0.2) is 25.3 Å². The summed E-state index contributed by atoms with van der Waals surface area (Å²) in [7, 11) is 1.77. The lowest BCUT2D eigenvalue weighted by Crippen LogP contribution is -2.51. The molecule has 0 aromatic rings. The van der Waals surface area contributed by atoms with Crippen molar-refractivity contribution in [1.29, 1.82) is 0 Å². The molecule has 3 heteroatoms. The Labute approximate surface area is 178 Å². The van der Waals surface area contributed by atoms with Gasteiger partial charge in [0.25, 0.3) is 0 Å². The molecule has 0 heterocycles. The number of carbonyl (C=O) groups excluding carboxylic acids is 1. The smallest absolute Gasteiger partial charge is 0.157 e. The first-order valence-corrected chi connectivity index (χ1v) is 12.2. The SMILES string of the molecule is CCCC(OC)OC1CCC2(C)C(=CCC3C2CCC2(C)C(C(C)=O)CCC32)C1. The van der Waals surface area contributed by atoms with Gasteiger partial charge in [-0.15, -0.1) is 0 Å². The van der Waals surface area contributed by atoms with E-state index in [2.05, 4.69) is 26.8 Å². The Morgan fingerprint density at radius 1 is 1.17 bits per heavy atom. The highest BCUT2D eigenvalue weighted by Gasteiger charge is 2.59. The Hall–Kier alpha value is -0.670. The summed E-state index contributed by atoms with van der Waals surface area (Å²) in [6.45, 7) is 9.01. The zero-order chi connectivity index (χ0) is 20.8. The van der Waals surface area contributed by atoms with E-state index in [4.69, 9.17) is 9.47 Å². The number of fused-ring (bicyclic) bond motifs is 5. The van der Waals surface area contributed by atoms with Crippen LogP contribution in [0.2, 0.25) is 0 Å². The van der Waals surface area contributed by atoms with Gasteiger partial charge in [0.2, 0.25) is 0 Å². The fourth-order valence-electron chi connectivity index (χ4n) is 8.10. The van der Waals surface area contributed by atoms with Crippen molar-refractivity contribution in [2.75, 3.05) is 7.11 Å². The van der Waals surface area contributed by atoms with Gasteiger partial charge in [0.15, 0.2) is 6.29 Å². The van der Waals surface area contributed by atoms with Crippen molar-refractivity contribution < 1.29 is 14.3 Å². The van der Waals surface area contributed by atoms with E-state index in [1.807, 2.05) is 6.92 Å². The minimum Gasteiger partial charge on any atom is -0.356 e. The molecule has 8 atom stereocenters. The summed E-state index contributed by atoms with van der Waals surface area (Å²) in [5.74, 6) is 3.04. The lowest BCUT2D eigenvalue weighted by molar-refractivity contribution is -0.168. The van der Waals surface area contributed by atoms with Gasteiger partial charge in [0.05, 0.1) is 6.10 Å². The van der Waals surface area contributed by atoms with Crippen molar-refractivity contribution in [2.45, 2.75) is 104 Å². The predicted molar refractivity (Wildman–Crippen MR) is 116 cm³/mol. The third-order valence-corrected chi connectivity index (χ3v) is 9.68. The standard InChI is InChI=1S/C26H42O3/c1-6-7-24(28-5)29-19-12-14-25(3)18(16-19)8-9-20-22-11-10-21(17(2)27)26(22,4)15-13-23(20)25/h8,19-24H,6-7,9-16H2,1-5H3. The van der Waals surface area contributed by atoms with Crippen LogP contribution >= 0.6 is 0 Å². The molecule has 0 spiro atoms. The minimum absolute atomic E-state index is 0.0521. The fourth-order valence-corrected chi connectivity index (χ4v) is 8.10. The second kappa shape index (κ2) is 8.11. The molecule has 0 bridgehead atoms. The Kier molecular flexibility index (Phi) is 6.03. The van der Waals surface area contributed by atoms with Gasteiger partial charge in [-0.25, -0.2) is 0 Å². The van der Waals surface area contributed by atoms with E-state index in [1.165, 1.54) is 32.1 Å². The molecule has 29 heavy (non-hydrogen) atoms. The molecule has 3 saturated carbocycles. The summed E-state index contributed by atoms with van der Waals surface area (Å²) in [6, 6.07) is 0. The van der Waals surface area contributed by atoms with Crippen molar-refractivity contribution in [3.63, 3.8) is 0 Å². The molecule has 0 aliphatic heterocycles. The lowest BCUT2D eigenvalue weighted by Gasteiger charge is -2.58. The van der Waals surface area contributed by atoms with Crippen LogP contribution in [0.1, 0.15) is 91.9 Å². The quantitative estimate of drug-likeness (QED) is 0.386. The van der Waals surface area contributed by atoms with Crippen LogP contribution in [-0.2, 0) is 14.3 Å². The van der Waals surface area contributed by atoms with Gasteiger partial charge in [0, 0.05) is 13.0 Å². The summed E-state index contributed by atoms with van der Waals surface area (Å²) in [5.41, 5.74) is 2.25. The molecule has 164 valence electrons. The molecule has 0 radical (unpaired) electrons. The molecule has 3 nitrogen and oxygen atoms in total. The van der Waals surface area contributed by atoms with E-state index in [1.54, 1.807) is 12.7 Å². The van der Waals surface area contributed by atoms with Crippen LogP contribution in [0.25, 0.3) is 0 Å². The van der Waals surface area contributed by atoms with E-state index in [0.717, 1.165) is 49.9 Å². The Morgan fingerprint density at radius 3 is 2.66 bits per heavy atom. The van der Waals surface area contributed by atoms with Crippen LogP contribution < -0.4 is 0 Å². The summed E-state index contributed by atoms with van der Waals surface area (Å²) in [4.78, 5) is 12.3. The number of carbonyl (C=O) groups is 1. The third-order valence-electron chi connectivity index (χ3n) is 9.68. The second-order valence-electron chi connectivity index (χ2n) is 11.0. The molecule has 0 saturated heterocycles. The number of hydrogen-bond acceptors (Lipinski definition) is 3. The zero-order valence-corrected chi connectivity index (χ0v) is 19.3. The van der Waals surface area contributed by atoms with Crippen molar-refractivity contribution in [3.8, 4) is 0 Å². The maximum Gasteiger partial charge on any atom is 0.157 e. The maximum atomic E-state index is 12.3. The average molecular weight is 403 g/mol. The van der Waals surface area contributed by atoms with Gasteiger partial charge in [-0.3, -0.25) is 4.79 Å². The third kappa shape index (κ3) is 3.55. The first-order valence-electron chi connectivity index (χ1n) is 12.2. The van der Waals surface area contributed by atoms with E-state index >= 15 is 0 Å². The minimum atomic E-state index is -0.0521. The van der Waals surface area contributed by atoms with Crippen molar-refractivity contribution in [3.05, 3.63) is 11.6 Å². The molecule has 0 aromatic heterocycles. The van der Waals surface area contributed by atoms with Crippen LogP contribution in [0, 0.1) is 34.5 Å². The average Bonchev–Trinajstić information content (AvgIpc) is 3.05. The van der Waals surface area contributed by atoms with Crippen LogP contribution in [0.4, 0.5) is 0 Å². The molecular formula is C26H42O3. The molecule has 0 aromatic carbocycles. The van der Waals surface area contributed by atoms with E-state index in [0.29, 0.717) is 23.2 Å². The number of methoxy groups -OCH3 is 1. The summed E-state index contributed by atoms with van der Waals surface area (Å²) in [5, 5.41) is 0. The molecule has 4 aliphatic rings. The van der Waals surface area contributed by atoms with Crippen LogP contribution in [0.5, 0.6) is 0 Å². The number of rotatable bonds is 6. The van der Waals surface area contributed by atoms with Gasteiger partial charge in [-0.2, -0.15) is 0 Å². The van der Waals surface area contributed by atoms with Gasteiger partial charge in [-0.05, 0) is 93.3 Å². The first-order chi connectivity index (χ1) is 13.8. The number of Topliss-reactive ketones (excluding diaryl/α,β-unsaturated/α-hetero) is 1. The highest BCUT2D eigenvalue weighted by molar-refractivity contribution is 5.79. The monoisotopic (exact) mass is 402 g/mol. The highest BCUT2D eigenvalue weighted by atomic mass is 16.7. The van der Waals surface area contributed by atoms with E-state index in [9.17, 15) is 4.79 Å². The summed E-state index contributed by atoms with van der Waals surface area (Å²) in [6.07, 6.45) is 14.5. The molecule has 0 amide bonds. The Morgan fingerprint density at radius 2 is 1.97 bits per heavy atom. The van der Waals surface area contributed by atoms with Crippen molar-refractivity contribution >= 4 is 5.78 Å². The largest absolute Gasteiger partial charge is 0.356 e. The predicted octanol–water partition coefficient (Wildman–Crippen LogP) is 6.31. The van der Waals surface area contributed by atoms with E-state index in [-0.39, 0.29) is 11.7 Å². The van der Waals surface area contributed by atoms with E-state index < -0.39 is 0 Å². The number of ketones is 1. The molecule has 3 fully saturated rings. The van der Waals surface area contributed by atoms with Gasteiger partial charge >= 0.3 is 0 Å². The molecule has 4 rings (SSSR count). The van der Waals surface area contributed by atoms with Crippen LogP contribution in [0.15, 0.2) is 11.6 Å². The van der Waals surface area contributed by atoms with Crippen LogP contribution in [0.3, 0.4) is 0 Å². The summed E-state index contributed by atoms with van der Waals surface area (Å²) >= 11 is 0. The van der Waals surface area contributed by atoms with Gasteiger partial charge in [-0.1, -0.05) is 38.8 Å². The fraction of sp³-hybridized carbons (Fsp3) is 0.885. The Balaban J connectivity index is 1.50. The summed E-state index contributed by atoms with van der Waals surface area (Å²) < 4.78 is 11.9. The first kappa shape index (κ1) is 21.6. The molecule has 8 unspecified atom stereocenters. The maximum absolute atomic E-state index is 12.3. The molecular weight excluding hydrogens is 360 g/mol. The Bertz CT molecular complexity index is 654. The van der Waals surface area contributed by atoms with Crippen molar-refractivity contribution in [2.24, 2.45) is 34.5 Å². The second-order valence-corrected chi connectivity index (χ2v) is 11.0. The number of hydrogen-bond donors (Lipinski definition) is 0. The topological polar surface area (TPSA) is 35.5 Å². The lowest BCUT2D eigenvalue weighted by atomic mass is 9.47. The van der Waals surface area contributed by atoms with Gasteiger partial charge in [0.1, 0.15) is 5.78 Å². The van der Waals surface area contributed by atoms with Gasteiger partial charge < -0.3 is 9.47 Å². The number of allylic oxidation sites excluding steroid dienone is 1. The van der Waals surface area contributed by atoms with Crippen molar-refractivity contribution in [1.82, 2.24) is 0 Å². The molecule has 4 aliphatic carbocycles. The normalized spacial score (nSPS) is 45.0. The zero-order valence-electron chi connectivity index (χ0n) is 19.3. The molecule has 0 N–H and O–H groups in total. The number of ether oxygens (including phenoxy) is 2. The highest BCUT2D eigenvalue weighted by Crippen LogP contribution is 2.66.